The molecular weight excluding hydrogens is 232 g/mol. The zero-order valence-corrected chi connectivity index (χ0v) is 12.9. The molecule has 2 unspecified atom stereocenters. The van der Waals surface area contributed by atoms with Crippen LogP contribution in [0.5, 0.6) is 0 Å². The van der Waals surface area contributed by atoms with Gasteiger partial charge in [0.05, 0.1) is 11.2 Å². The van der Waals surface area contributed by atoms with Gasteiger partial charge in [-0.1, -0.05) is 12.2 Å². The molecule has 4 heteroatoms. The first-order chi connectivity index (χ1) is 7.99. The number of hydrogen-bond donors (Lipinski definition) is 0. The van der Waals surface area contributed by atoms with Crippen LogP contribution in [0.4, 0.5) is 0 Å². The molecule has 0 aliphatic heterocycles. The predicted octanol–water partition coefficient (Wildman–Crippen LogP) is 3.81. The van der Waals surface area contributed by atoms with E-state index in [1.807, 2.05) is 67.5 Å². The molecule has 0 radical (unpaired) electrons. The van der Waals surface area contributed by atoms with E-state index in [0.29, 0.717) is 0 Å². The van der Waals surface area contributed by atoms with Crippen LogP contribution < -0.4 is 0 Å². The minimum atomic E-state index is -0.306. The Kier molecular flexibility index (Phi) is 7.07. The average Bonchev–Trinajstić information content (AvgIpc) is 2.18. The van der Waals surface area contributed by atoms with Crippen LogP contribution in [0.25, 0.3) is 0 Å². The van der Waals surface area contributed by atoms with Crippen molar-refractivity contribution in [2.45, 2.75) is 78.8 Å². The number of rotatable bonds is 6. The highest BCUT2D eigenvalue weighted by atomic mass is 17.2. The van der Waals surface area contributed by atoms with E-state index in [9.17, 15) is 0 Å². The molecule has 0 N–H and O–H groups in total. The van der Waals surface area contributed by atoms with Crippen molar-refractivity contribution in [2.24, 2.45) is 0 Å². The van der Waals surface area contributed by atoms with Gasteiger partial charge in [-0.15, -0.1) is 0 Å². The molecule has 0 aliphatic rings. The van der Waals surface area contributed by atoms with Crippen LogP contribution in [-0.4, -0.2) is 23.4 Å². The quantitative estimate of drug-likeness (QED) is 0.413. The zero-order valence-electron chi connectivity index (χ0n) is 12.9. The van der Waals surface area contributed by atoms with Gasteiger partial charge in [-0.3, -0.25) is 0 Å². The Hall–Kier alpha value is -0.420. The number of hydrogen-bond acceptors (Lipinski definition) is 4. The van der Waals surface area contributed by atoms with Gasteiger partial charge in [0.15, 0.2) is 0 Å². The Bertz CT molecular complexity index is 222. The van der Waals surface area contributed by atoms with E-state index in [1.54, 1.807) is 0 Å². The average molecular weight is 260 g/mol. The molecule has 2 atom stereocenters. The molecule has 0 saturated heterocycles. The molecule has 0 aromatic rings. The predicted molar refractivity (Wildman–Crippen MR) is 71.9 cm³/mol. The monoisotopic (exact) mass is 260 g/mol. The van der Waals surface area contributed by atoms with Crippen molar-refractivity contribution >= 4 is 0 Å². The van der Waals surface area contributed by atoms with E-state index in [4.69, 9.17) is 19.6 Å². The van der Waals surface area contributed by atoms with Crippen LogP contribution in [0, 0.1) is 0 Å². The summed E-state index contributed by atoms with van der Waals surface area (Å²) in [4.78, 5) is 20.9. The van der Waals surface area contributed by atoms with Gasteiger partial charge in [0.1, 0.15) is 12.2 Å². The fraction of sp³-hybridized carbons (Fsp3) is 0.857. The summed E-state index contributed by atoms with van der Waals surface area (Å²) in [6.45, 7) is 15.4. The molecule has 0 spiro atoms. The summed E-state index contributed by atoms with van der Waals surface area (Å²) < 4.78 is 0. The molecule has 0 saturated carbocycles. The van der Waals surface area contributed by atoms with Gasteiger partial charge in [-0.05, 0) is 55.4 Å². The third kappa shape index (κ3) is 12.0. The molecule has 0 aromatic heterocycles. The highest BCUT2D eigenvalue weighted by Gasteiger charge is 2.14. The summed E-state index contributed by atoms with van der Waals surface area (Å²) in [5.74, 6) is 0. The van der Waals surface area contributed by atoms with Crippen LogP contribution in [0.15, 0.2) is 12.2 Å². The van der Waals surface area contributed by atoms with E-state index >= 15 is 0 Å². The lowest BCUT2D eigenvalue weighted by Crippen LogP contribution is -2.23. The van der Waals surface area contributed by atoms with Crippen LogP contribution in [-0.2, 0) is 19.6 Å². The smallest absolute Gasteiger partial charge is 0.108 e. The summed E-state index contributed by atoms with van der Waals surface area (Å²) in [5, 5.41) is 0. The first-order valence-electron chi connectivity index (χ1n) is 6.37. The second-order valence-corrected chi connectivity index (χ2v) is 6.38. The molecule has 0 heterocycles. The lowest BCUT2D eigenvalue weighted by Gasteiger charge is -2.21. The van der Waals surface area contributed by atoms with Crippen molar-refractivity contribution in [1.29, 1.82) is 0 Å². The molecule has 0 aromatic carbocycles. The Labute approximate surface area is 111 Å². The highest BCUT2D eigenvalue weighted by Crippen LogP contribution is 2.11. The maximum Gasteiger partial charge on any atom is 0.108 e. The molecule has 0 fully saturated rings. The Morgan fingerprint density at radius 1 is 0.667 bits per heavy atom. The van der Waals surface area contributed by atoms with E-state index in [1.165, 1.54) is 0 Å². The van der Waals surface area contributed by atoms with E-state index in [0.717, 1.165) is 0 Å². The lowest BCUT2D eigenvalue weighted by molar-refractivity contribution is -0.364. The van der Waals surface area contributed by atoms with E-state index in [2.05, 4.69) is 0 Å². The van der Waals surface area contributed by atoms with E-state index < -0.39 is 0 Å². The fourth-order valence-electron chi connectivity index (χ4n) is 0.818. The largest absolute Gasteiger partial charge is 0.230 e. The third-order valence-electron chi connectivity index (χ3n) is 1.55. The van der Waals surface area contributed by atoms with Gasteiger partial charge in [0.2, 0.25) is 0 Å². The van der Waals surface area contributed by atoms with E-state index in [-0.39, 0.29) is 23.4 Å². The van der Waals surface area contributed by atoms with Gasteiger partial charge in [-0.25, -0.2) is 19.6 Å². The normalized spacial score (nSPS) is 17.1. The second-order valence-electron chi connectivity index (χ2n) is 6.38. The van der Waals surface area contributed by atoms with Gasteiger partial charge in [-0.2, -0.15) is 0 Å². The molecule has 108 valence electrons. The summed E-state index contributed by atoms with van der Waals surface area (Å²) in [6, 6.07) is 0. The molecule has 4 nitrogen and oxygen atoms in total. The second kappa shape index (κ2) is 7.24. The van der Waals surface area contributed by atoms with Crippen molar-refractivity contribution in [3.8, 4) is 0 Å². The zero-order chi connectivity index (χ0) is 14.4. The van der Waals surface area contributed by atoms with Crippen LogP contribution in [0.3, 0.4) is 0 Å². The lowest BCUT2D eigenvalue weighted by atomic mass is 10.2. The Balaban J connectivity index is 3.92. The Morgan fingerprint density at radius 2 is 0.944 bits per heavy atom. The maximum atomic E-state index is 5.22. The molecular formula is C14H28O4. The molecule has 18 heavy (non-hydrogen) atoms. The molecule has 0 aliphatic carbocycles. The molecule has 0 bridgehead atoms. The Morgan fingerprint density at radius 3 is 1.17 bits per heavy atom. The van der Waals surface area contributed by atoms with Crippen molar-refractivity contribution in [1.82, 2.24) is 0 Å². The van der Waals surface area contributed by atoms with Gasteiger partial charge in [0.25, 0.3) is 0 Å². The van der Waals surface area contributed by atoms with Crippen molar-refractivity contribution in [3.05, 3.63) is 12.2 Å². The fourth-order valence-corrected chi connectivity index (χ4v) is 0.818. The van der Waals surface area contributed by atoms with Gasteiger partial charge >= 0.3 is 0 Å². The van der Waals surface area contributed by atoms with Crippen LogP contribution in [0.2, 0.25) is 0 Å². The van der Waals surface area contributed by atoms with Crippen LogP contribution >= 0.6 is 0 Å². The van der Waals surface area contributed by atoms with Crippen LogP contribution in [0.1, 0.15) is 55.4 Å². The maximum absolute atomic E-state index is 5.22. The summed E-state index contributed by atoms with van der Waals surface area (Å²) in [7, 11) is 0. The first kappa shape index (κ1) is 17.6. The highest BCUT2D eigenvalue weighted by molar-refractivity contribution is 4.91. The standard InChI is InChI=1S/C14H28O4/c1-11(15-17-13(3,4)5)9-10-12(2)16-18-14(6,7)8/h9-12H,1-8H3. The van der Waals surface area contributed by atoms with Crippen molar-refractivity contribution in [3.63, 3.8) is 0 Å². The summed E-state index contributed by atoms with van der Waals surface area (Å²) >= 11 is 0. The summed E-state index contributed by atoms with van der Waals surface area (Å²) in [5.41, 5.74) is -0.612. The van der Waals surface area contributed by atoms with Crippen molar-refractivity contribution in [2.75, 3.05) is 0 Å². The van der Waals surface area contributed by atoms with Gasteiger partial charge in [0, 0.05) is 0 Å². The first-order valence-corrected chi connectivity index (χ1v) is 6.37. The third-order valence-corrected chi connectivity index (χ3v) is 1.55. The topological polar surface area (TPSA) is 36.9 Å². The minimum absolute atomic E-state index is 0.134. The SMILES string of the molecule is CC(C=CC(C)OOC(C)(C)C)OOC(C)(C)C. The molecule has 0 rings (SSSR count). The van der Waals surface area contributed by atoms with Gasteiger partial charge < -0.3 is 0 Å². The minimum Gasteiger partial charge on any atom is -0.230 e. The summed E-state index contributed by atoms with van der Waals surface area (Å²) in [6.07, 6.45) is 3.49. The molecule has 0 amide bonds. The van der Waals surface area contributed by atoms with Crippen molar-refractivity contribution < 1.29 is 19.6 Å².